The Labute approximate surface area is 118 Å². The van der Waals surface area contributed by atoms with Gasteiger partial charge < -0.3 is 10.1 Å². The number of ether oxygens (including phenoxy) is 1. The van der Waals surface area contributed by atoms with E-state index in [1.807, 2.05) is 18.2 Å². The summed E-state index contributed by atoms with van der Waals surface area (Å²) < 4.78 is 4.76. The molecule has 1 fully saturated rings. The van der Waals surface area contributed by atoms with E-state index in [0.717, 1.165) is 36.0 Å². The van der Waals surface area contributed by atoms with Crippen molar-refractivity contribution in [2.24, 2.45) is 5.41 Å². The van der Waals surface area contributed by atoms with Crippen molar-refractivity contribution in [3.8, 4) is 0 Å². The van der Waals surface area contributed by atoms with Gasteiger partial charge in [0.25, 0.3) is 0 Å². The standard InChI is InChI=1S/C14H20N2O2S/c1-3-15-11-5-4-6-12(16-11)19-10-14(7-8-14)9-13(17)18-2/h4-6H,3,7-10H2,1-2H3,(H,15,16). The van der Waals surface area contributed by atoms with Crippen molar-refractivity contribution in [1.82, 2.24) is 4.98 Å². The molecule has 1 heterocycles. The van der Waals surface area contributed by atoms with E-state index in [1.165, 1.54) is 7.11 Å². The number of methoxy groups -OCH3 is 1. The minimum atomic E-state index is -0.104. The summed E-state index contributed by atoms with van der Waals surface area (Å²) in [6.45, 7) is 2.92. The van der Waals surface area contributed by atoms with Crippen LogP contribution in [0.25, 0.3) is 0 Å². The average molecular weight is 280 g/mol. The summed E-state index contributed by atoms with van der Waals surface area (Å²) in [6, 6.07) is 5.99. The van der Waals surface area contributed by atoms with Crippen LogP contribution < -0.4 is 5.32 Å². The summed E-state index contributed by atoms with van der Waals surface area (Å²) in [5, 5.41) is 4.21. The molecule has 1 aromatic rings. The van der Waals surface area contributed by atoms with Gasteiger partial charge in [0.15, 0.2) is 0 Å². The van der Waals surface area contributed by atoms with E-state index >= 15 is 0 Å². The first-order valence-corrected chi connectivity index (χ1v) is 7.56. The maximum Gasteiger partial charge on any atom is 0.306 e. The van der Waals surface area contributed by atoms with Gasteiger partial charge in [-0.3, -0.25) is 4.79 Å². The Bertz CT molecular complexity index is 447. The molecule has 0 aliphatic heterocycles. The Morgan fingerprint density at radius 2 is 2.32 bits per heavy atom. The van der Waals surface area contributed by atoms with Crippen LogP contribution in [-0.2, 0) is 9.53 Å². The van der Waals surface area contributed by atoms with Crippen LogP contribution in [0.5, 0.6) is 0 Å². The van der Waals surface area contributed by atoms with Crippen LogP contribution in [0.4, 0.5) is 5.82 Å². The Morgan fingerprint density at radius 1 is 1.53 bits per heavy atom. The van der Waals surface area contributed by atoms with E-state index in [9.17, 15) is 4.79 Å². The van der Waals surface area contributed by atoms with Gasteiger partial charge in [0, 0.05) is 12.3 Å². The molecule has 4 nitrogen and oxygen atoms in total. The number of hydrogen-bond donors (Lipinski definition) is 1. The van der Waals surface area contributed by atoms with Gasteiger partial charge in [0.1, 0.15) is 5.82 Å². The van der Waals surface area contributed by atoms with Crippen molar-refractivity contribution < 1.29 is 9.53 Å². The van der Waals surface area contributed by atoms with Crippen molar-refractivity contribution in [3.63, 3.8) is 0 Å². The van der Waals surface area contributed by atoms with E-state index in [4.69, 9.17) is 4.74 Å². The lowest BCUT2D eigenvalue weighted by atomic mass is 10.1. The molecule has 104 valence electrons. The monoisotopic (exact) mass is 280 g/mol. The number of esters is 1. The lowest BCUT2D eigenvalue weighted by molar-refractivity contribution is -0.141. The fourth-order valence-electron chi connectivity index (χ4n) is 1.93. The van der Waals surface area contributed by atoms with E-state index < -0.39 is 0 Å². The summed E-state index contributed by atoms with van der Waals surface area (Å²) in [5.41, 5.74) is 0.146. The van der Waals surface area contributed by atoms with Crippen LogP contribution in [0.15, 0.2) is 23.2 Å². The Morgan fingerprint density at radius 3 is 2.95 bits per heavy atom. The van der Waals surface area contributed by atoms with Crippen LogP contribution >= 0.6 is 11.8 Å². The number of anilines is 1. The van der Waals surface area contributed by atoms with Crippen molar-refractivity contribution in [2.75, 3.05) is 24.7 Å². The van der Waals surface area contributed by atoms with Gasteiger partial charge in [-0.25, -0.2) is 4.98 Å². The molecule has 5 heteroatoms. The highest BCUT2D eigenvalue weighted by molar-refractivity contribution is 7.99. The molecule has 1 saturated carbocycles. The fraction of sp³-hybridized carbons (Fsp3) is 0.571. The number of carbonyl (C=O) groups is 1. The average Bonchev–Trinajstić information content (AvgIpc) is 3.17. The first-order valence-electron chi connectivity index (χ1n) is 6.58. The number of carbonyl (C=O) groups excluding carboxylic acids is 1. The summed E-state index contributed by atoms with van der Waals surface area (Å²) in [5.74, 6) is 1.74. The maximum absolute atomic E-state index is 11.4. The second-order valence-corrected chi connectivity index (χ2v) is 5.93. The summed E-state index contributed by atoms with van der Waals surface area (Å²) in [7, 11) is 1.45. The number of hydrogen-bond acceptors (Lipinski definition) is 5. The van der Waals surface area contributed by atoms with Crippen molar-refractivity contribution in [1.29, 1.82) is 0 Å². The third-order valence-electron chi connectivity index (χ3n) is 3.31. The molecule has 1 aliphatic rings. The summed E-state index contributed by atoms with van der Waals surface area (Å²) >= 11 is 1.72. The molecule has 0 spiro atoms. The molecule has 0 bridgehead atoms. The van der Waals surface area contributed by atoms with Gasteiger partial charge in [-0.15, -0.1) is 11.8 Å². The van der Waals surface area contributed by atoms with Crippen LogP contribution in [0.3, 0.4) is 0 Å². The fourth-order valence-corrected chi connectivity index (χ4v) is 3.11. The number of nitrogens with zero attached hydrogens (tertiary/aromatic N) is 1. The van der Waals surface area contributed by atoms with Crippen molar-refractivity contribution in [2.45, 2.75) is 31.2 Å². The number of nitrogens with one attached hydrogen (secondary N) is 1. The number of pyridine rings is 1. The van der Waals surface area contributed by atoms with Gasteiger partial charge in [-0.2, -0.15) is 0 Å². The van der Waals surface area contributed by atoms with E-state index in [-0.39, 0.29) is 11.4 Å². The van der Waals surface area contributed by atoms with Gasteiger partial charge in [-0.1, -0.05) is 6.07 Å². The maximum atomic E-state index is 11.4. The third kappa shape index (κ3) is 4.13. The molecule has 1 aromatic heterocycles. The Kier molecular flexibility index (Phi) is 4.69. The molecular formula is C14H20N2O2S. The number of rotatable bonds is 7. The first kappa shape index (κ1) is 14.2. The second kappa shape index (κ2) is 6.28. The largest absolute Gasteiger partial charge is 0.469 e. The molecule has 1 aliphatic carbocycles. The minimum absolute atomic E-state index is 0.104. The number of aromatic nitrogens is 1. The Hall–Kier alpha value is -1.23. The normalized spacial score (nSPS) is 15.9. The van der Waals surface area contributed by atoms with Crippen LogP contribution in [0, 0.1) is 5.41 Å². The smallest absolute Gasteiger partial charge is 0.306 e. The second-order valence-electron chi connectivity index (χ2n) is 4.93. The molecule has 0 atom stereocenters. The highest BCUT2D eigenvalue weighted by atomic mass is 32.2. The zero-order valence-electron chi connectivity index (χ0n) is 11.4. The van der Waals surface area contributed by atoms with Crippen molar-refractivity contribution in [3.05, 3.63) is 18.2 Å². The molecular weight excluding hydrogens is 260 g/mol. The van der Waals surface area contributed by atoms with E-state index in [2.05, 4.69) is 17.2 Å². The lowest BCUT2D eigenvalue weighted by Crippen LogP contribution is -2.13. The molecule has 0 aromatic carbocycles. The van der Waals surface area contributed by atoms with Crippen LogP contribution in [0.2, 0.25) is 0 Å². The molecule has 0 saturated heterocycles. The SMILES string of the molecule is CCNc1cccc(SCC2(CC(=O)OC)CC2)n1. The predicted molar refractivity (Wildman–Crippen MR) is 77.4 cm³/mol. The molecule has 0 amide bonds. The minimum Gasteiger partial charge on any atom is -0.469 e. The molecule has 0 radical (unpaired) electrons. The number of thioether (sulfide) groups is 1. The van der Waals surface area contributed by atoms with E-state index in [0.29, 0.717) is 6.42 Å². The predicted octanol–water partition coefficient (Wildman–Crippen LogP) is 2.95. The van der Waals surface area contributed by atoms with E-state index in [1.54, 1.807) is 11.8 Å². The van der Waals surface area contributed by atoms with Gasteiger partial charge in [0.05, 0.1) is 18.6 Å². The van der Waals surface area contributed by atoms with Gasteiger partial charge >= 0.3 is 5.97 Å². The molecule has 1 N–H and O–H groups in total. The molecule has 19 heavy (non-hydrogen) atoms. The van der Waals surface area contributed by atoms with Crippen LogP contribution in [0.1, 0.15) is 26.2 Å². The summed E-state index contributed by atoms with van der Waals surface area (Å²) in [4.78, 5) is 15.9. The highest BCUT2D eigenvalue weighted by Gasteiger charge is 2.44. The first-order chi connectivity index (χ1) is 9.17. The highest BCUT2D eigenvalue weighted by Crippen LogP contribution is 2.52. The zero-order valence-corrected chi connectivity index (χ0v) is 12.3. The van der Waals surface area contributed by atoms with Gasteiger partial charge in [-0.05, 0) is 37.3 Å². The lowest BCUT2D eigenvalue weighted by Gasteiger charge is -2.13. The zero-order chi connectivity index (χ0) is 13.7. The molecule has 0 unspecified atom stereocenters. The van der Waals surface area contributed by atoms with Crippen LogP contribution in [-0.4, -0.2) is 30.4 Å². The molecule has 2 rings (SSSR count). The third-order valence-corrected chi connectivity index (χ3v) is 4.59. The topological polar surface area (TPSA) is 51.2 Å². The Balaban J connectivity index is 1.88. The van der Waals surface area contributed by atoms with Gasteiger partial charge in [0.2, 0.25) is 0 Å². The summed E-state index contributed by atoms with van der Waals surface area (Å²) in [6.07, 6.45) is 2.76. The van der Waals surface area contributed by atoms with Crippen molar-refractivity contribution >= 4 is 23.5 Å². The quantitative estimate of drug-likeness (QED) is 0.614.